The number of nitrogens with one attached hydrogen (secondary N) is 1. The van der Waals surface area contributed by atoms with Crippen LogP contribution in [0, 0.1) is 17.8 Å². The van der Waals surface area contributed by atoms with E-state index in [1.165, 1.54) is 6.42 Å². The predicted molar refractivity (Wildman–Crippen MR) is 131 cm³/mol. The lowest BCUT2D eigenvalue weighted by Crippen LogP contribution is -2.58. The Kier molecular flexibility index (Phi) is 7.71. The third kappa shape index (κ3) is 4.35. The summed E-state index contributed by atoms with van der Waals surface area (Å²) in [4.78, 5) is 42.6. The Morgan fingerprint density at radius 1 is 1.30 bits per heavy atom. The minimum atomic E-state index is -0.692. The second kappa shape index (κ2) is 10.1. The molecule has 1 spiro atoms. The predicted octanol–water partition coefficient (Wildman–Crippen LogP) is 2.87. The first-order chi connectivity index (χ1) is 15.7. The van der Waals surface area contributed by atoms with Gasteiger partial charge in [-0.15, -0.1) is 11.8 Å². The Morgan fingerprint density at radius 2 is 2.00 bits per heavy atom. The molecule has 7 nitrogen and oxygen atoms in total. The zero-order valence-electron chi connectivity index (χ0n) is 19.8. The molecular weight excluding hydrogens is 508 g/mol. The van der Waals surface area contributed by atoms with E-state index in [9.17, 15) is 19.5 Å². The van der Waals surface area contributed by atoms with E-state index in [0.717, 1.165) is 25.7 Å². The maximum atomic E-state index is 14.0. The fourth-order valence-corrected chi connectivity index (χ4v) is 10.2. The van der Waals surface area contributed by atoms with Crippen molar-refractivity contribution in [1.82, 2.24) is 10.2 Å². The molecule has 3 aliphatic heterocycles. The molecular formula is C24H37BrN2O5S. The summed E-state index contributed by atoms with van der Waals surface area (Å²) in [6.45, 7) is 5.93. The van der Waals surface area contributed by atoms with Gasteiger partial charge in [0, 0.05) is 16.1 Å². The number of likely N-dealkylation sites (tertiary alicyclic amines) is 1. The molecule has 1 aliphatic carbocycles. The van der Waals surface area contributed by atoms with E-state index in [0.29, 0.717) is 12.8 Å². The minimum Gasteiger partial charge on any atom is -0.466 e. The average Bonchev–Trinajstić information content (AvgIpc) is 3.36. The van der Waals surface area contributed by atoms with Crippen molar-refractivity contribution in [2.75, 3.05) is 13.2 Å². The van der Waals surface area contributed by atoms with E-state index in [-0.39, 0.29) is 53.0 Å². The van der Waals surface area contributed by atoms with Crippen LogP contribution in [0.25, 0.3) is 0 Å². The van der Waals surface area contributed by atoms with Crippen LogP contribution in [0.1, 0.15) is 65.7 Å². The first-order valence-electron chi connectivity index (χ1n) is 12.5. The van der Waals surface area contributed by atoms with Gasteiger partial charge in [-0.3, -0.25) is 14.4 Å². The molecule has 0 aromatic rings. The summed E-state index contributed by atoms with van der Waals surface area (Å²) in [6.07, 6.45) is 6.56. The number of aliphatic hydroxyl groups is 1. The Hall–Kier alpha value is -0.800. The van der Waals surface area contributed by atoms with Crippen molar-refractivity contribution in [3.63, 3.8) is 0 Å². The molecule has 0 aromatic heterocycles. The molecule has 7 atom stereocenters. The van der Waals surface area contributed by atoms with Gasteiger partial charge in [0.2, 0.25) is 11.8 Å². The van der Waals surface area contributed by atoms with E-state index in [1.54, 1.807) is 23.6 Å². The molecule has 2 bridgehead atoms. The number of ether oxygens (including phenoxy) is 1. The second-order valence-electron chi connectivity index (χ2n) is 10.5. The van der Waals surface area contributed by atoms with Crippen LogP contribution in [0.3, 0.4) is 0 Å². The molecule has 0 aromatic carbocycles. The van der Waals surface area contributed by atoms with Crippen LogP contribution in [0.5, 0.6) is 0 Å². The fraction of sp³-hybridized carbons (Fsp3) is 0.875. The van der Waals surface area contributed by atoms with E-state index in [2.05, 4.69) is 35.1 Å². The van der Waals surface area contributed by atoms with Crippen molar-refractivity contribution in [3.05, 3.63) is 0 Å². The number of aliphatic hydroxyl groups excluding tert-OH is 1. The molecule has 4 fully saturated rings. The van der Waals surface area contributed by atoms with E-state index < -0.39 is 28.7 Å². The van der Waals surface area contributed by atoms with Gasteiger partial charge in [0.15, 0.2) is 0 Å². The van der Waals surface area contributed by atoms with Crippen molar-refractivity contribution in [2.24, 2.45) is 17.8 Å². The van der Waals surface area contributed by atoms with Crippen LogP contribution in [0.4, 0.5) is 0 Å². The van der Waals surface area contributed by atoms with Gasteiger partial charge in [-0.05, 0) is 38.5 Å². The Bertz CT molecular complexity index is 776. The van der Waals surface area contributed by atoms with Gasteiger partial charge < -0.3 is 20.1 Å². The van der Waals surface area contributed by atoms with Crippen LogP contribution in [-0.4, -0.2) is 74.0 Å². The summed E-state index contributed by atoms with van der Waals surface area (Å²) in [5.41, 5.74) is 0. The number of amides is 2. The summed E-state index contributed by atoms with van der Waals surface area (Å²) in [5.74, 6) is -1.57. The topological polar surface area (TPSA) is 95.9 Å². The molecule has 3 unspecified atom stereocenters. The first kappa shape index (κ1) is 25.3. The Morgan fingerprint density at radius 3 is 2.61 bits per heavy atom. The van der Waals surface area contributed by atoms with Gasteiger partial charge in [-0.1, -0.05) is 49.0 Å². The first-order valence-corrected chi connectivity index (χ1v) is 14.3. The summed E-state index contributed by atoms with van der Waals surface area (Å²) in [7, 11) is 0. The SMILES string of the molecule is CCOC(=O)[C@H]1[C@@H]2SC3(CC2Br)C(C(=O)NC2CCCCC2)N([C@@H](CO)CC(C)C)C(=O)[C@H]13. The number of carbonyl (C=O) groups excluding carboxylic acids is 3. The zero-order chi connectivity index (χ0) is 23.9. The maximum Gasteiger partial charge on any atom is 0.310 e. The highest BCUT2D eigenvalue weighted by molar-refractivity contribution is 9.09. The molecule has 4 rings (SSSR count). The van der Waals surface area contributed by atoms with Gasteiger partial charge in [0.1, 0.15) is 6.04 Å². The number of carbonyl (C=O) groups is 3. The van der Waals surface area contributed by atoms with Crippen LogP contribution in [0.2, 0.25) is 0 Å². The molecule has 3 heterocycles. The summed E-state index contributed by atoms with van der Waals surface area (Å²) in [5, 5.41) is 13.4. The number of rotatable bonds is 8. The van der Waals surface area contributed by atoms with Crippen LogP contribution < -0.4 is 5.32 Å². The van der Waals surface area contributed by atoms with Gasteiger partial charge in [0.25, 0.3) is 0 Å². The minimum absolute atomic E-state index is 0.0311. The number of fused-ring (bicyclic) bond motifs is 1. The molecule has 0 radical (unpaired) electrons. The third-order valence-corrected chi connectivity index (χ3v) is 11.1. The highest BCUT2D eigenvalue weighted by atomic mass is 79.9. The molecule has 4 aliphatic rings. The monoisotopic (exact) mass is 544 g/mol. The number of thioether (sulfide) groups is 1. The summed E-state index contributed by atoms with van der Waals surface area (Å²) in [6, 6.07) is -1.02. The lowest BCUT2D eigenvalue weighted by molar-refractivity contribution is -0.154. The smallest absolute Gasteiger partial charge is 0.310 e. The Labute approximate surface area is 209 Å². The van der Waals surface area contributed by atoms with Crippen molar-refractivity contribution in [1.29, 1.82) is 0 Å². The lowest BCUT2D eigenvalue weighted by atomic mass is 9.71. The highest BCUT2D eigenvalue weighted by Gasteiger charge is 2.76. The van der Waals surface area contributed by atoms with Gasteiger partial charge >= 0.3 is 5.97 Å². The second-order valence-corrected chi connectivity index (χ2v) is 13.2. The molecule has 3 saturated heterocycles. The van der Waals surface area contributed by atoms with Crippen LogP contribution in [-0.2, 0) is 19.1 Å². The number of hydrogen-bond acceptors (Lipinski definition) is 6. The van der Waals surface area contributed by atoms with E-state index in [1.807, 2.05) is 0 Å². The third-order valence-electron chi connectivity index (χ3n) is 7.83. The number of hydrogen-bond donors (Lipinski definition) is 2. The highest BCUT2D eigenvalue weighted by Crippen LogP contribution is 2.68. The van der Waals surface area contributed by atoms with Gasteiger partial charge in [-0.25, -0.2) is 0 Å². The molecule has 2 amide bonds. The number of halogens is 1. The maximum absolute atomic E-state index is 14.0. The standard InChI is InChI=1S/C24H37BrN2O5S/c1-4-32-23(31)17-18-22(30)27(15(12-28)10-13(2)3)20(24(18)11-16(25)19(17)33-24)21(29)26-14-8-6-5-7-9-14/h13-20,28H,4-12H2,1-3H3,(H,26,29)/t15-,16?,17-,18+,19-,20?,24?/m1/s1. The summed E-state index contributed by atoms with van der Waals surface area (Å²) < 4.78 is 4.71. The molecule has 9 heteroatoms. The largest absolute Gasteiger partial charge is 0.466 e. The van der Waals surface area contributed by atoms with Crippen molar-refractivity contribution < 1.29 is 24.2 Å². The number of esters is 1. The normalized spacial score (nSPS) is 36.8. The lowest BCUT2D eigenvalue weighted by Gasteiger charge is -2.39. The molecule has 2 N–H and O–H groups in total. The molecule has 1 saturated carbocycles. The summed E-state index contributed by atoms with van der Waals surface area (Å²) >= 11 is 5.38. The zero-order valence-corrected chi connectivity index (χ0v) is 22.2. The van der Waals surface area contributed by atoms with Gasteiger partial charge in [0.05, 0.1) is 35.8 Å². The Balaban J connectivity index is 1.72. The molecule has 186 valence electrons. The van der Waals surface area contributed by atoms with E-state index >= 15 is 0 Å². The van der Waals surface area contributed by atoms with Crippen LogP contribution in [0.15, 0.2) is 0 Å². The van der Waals surface area contributed by atoms with E-state index in [4.69, 9.17) is 4.74 Å². The molecule has 33 heavy (non-hydrogen) atoms. The van der Waals surface area contributed by atoms with Gasteiger partial charge in [-0.2, -0.15) is 0 Å². The van der Waals surface area contributed by atoms with Crippen molar-refractivity contribution >= 4 is 45.5 Å². The van der Waals surface area contributed by atoms with Crippen molar-refractivity contribution in [3.8, 4) is 0 Å². The average molecular weight is 546 g/mol. The quantitative estimate of drug-likeness (QED) is 0.360. The fourth-order valence-electron chi connectivity index (χ4n) is 6.62. The number of alkyl halides is 1. The van der Waals surface area contributed by atoms with Crippen LogP contribution >= 0.6 is 27.7 Å². The number of nitrogens with zero attached hydrogens (tertiary/aromatic N) is 1. The van der Waals surface area contributed by atoms with Crippen molar-refractivity contribution in [2.45, 2.75) is 98.7 Å².